The van der Waals surface area contributed by atoms with Crippen molar-refractivity contribution in [1.82, 2.24) is 14.5 Å². The maximum absolute atomic E-state index is 13.3. The number of aromatic nitrogens is 2. The highest BCUT2D eigenvalue weighted by atomic mass is 32.1. The summed E-state index contributed by atoms with van der Waals surface area (Å²) in [5, 5.41) is 2.52. The molecule has 2 heterocycles. The Bertz CT molecular complexity index is 1360. The van der Waals surface area contributed by atoms with Gasteiger partial charge in [0, 0.05) is 43.4 Å². The van der Waals surface area contributed by atoms with Gasteiger partial charge in [0.15, 0.2) is 0 Å². The maximum atomic E-state index is 13.3. The molecule has 2 N–H and O–H groups in total. The molecule has 4 rings (SSSR count). The zero-order chi connectivity index (χ0) is 24.1. The van der Waals surface area contributed by atoms with Crippen molar-refractivity contribution in [3.8, 4) is 11.1 Å². The number of carbonyl (C=O) groups excluding carboxylic acids is 2. The molecule has 2 aromatic carbocycles. The molecule has 0 radical (unpaired) electrons. The van der Waals surface area contributed by atoms with Crippen LogP contribution in [0.3, 0.4) is 0 Å². The number of hydrogen-bond donors (Lipinski definition) is 1. The number of benzene rings is 2. The summed E-state index contributed by atoms with van der Waals surface area (Å²) in [5.74, 6) is -0.612. The zero-order valence-corrected chi connectivity index (χ0v) is 19.8. The largest absolute Gasteiger partial charge is 0.370 e. The van der Waals surface area contributed by atoms with Gasteiger partial charge >= 0.3 is 0 Å². The second-order valence-corrected chi connectivity index (χ2v) is 9.06. The van der Waals surface area contributed by atoms with E-state index in [9.17, 15) is 14.4 Å². The molecular formula is C26H26N4O3S. The summed E-state index contributed by atoms with van der Waals surface area (Å²) in [4.78, 5) is 44.3. The molecule has 2 aromatic heterocycles. The van der Waals surface area contributed by atoms with E-state index < -0.39 is 5.91 Å². The number of hydrogen-bond acceptors (Lipinski definition) is 5. The first-order valence-corrected chi connectivity index (χ1v) is 11.9. The molecule has 2 amide bonds. The van der Waals surface area contributed by atoms with Gasteiger partial charge in [-0.15, -0.1) is 11.3 Å². The third kappa shape index (κ3) is 5.40. The third-order valence-corrected chi connectivity index (χ3v) is 6.57. The summed E-state index contributed by atoms with van der Waals surface area (Å²) in [6.45, 7) is 2.83. The van der Waals surface area contributed by atoms with Crippen LogP contribution in [-0.2, 0) is 22.7 Å². The van der Waals surface area contributed by atoms with Crippen LogP contribution >= 0.6 is 11.3 Å². The quantitative estimate of drug-likeness (QED) is 0.400. The predicted octanol–water partition coefficient (Wildman–Crippen LogP) is 3.73. The molecule has 0 saturated heterocycles. The van der Waals surface area contributed by atoms with E-state index >= 15 is 0 Å². The smallest absolute Gasteiger partial charge is 0.262 e. The molecule has 174 valence electrons. The van der Waals surface area contributed by atoms with E-state index in [0.717, 1.165) is 22.3 Å². The average Bonchev–Trinajstić information content (AvgIpc) is 3.27. The van der Waals surface area contributed by atoms with Crippen LogP contribution in [0.2, 0.25) is 0 Å². The normalized spacial score (nSPS) is 11.0. The first-order chi connectivity index (χ1) is 16.4. The van der Waals surface area contributed by atoms with Gasteiger partial charge in [0.2, 0.25) is 11.8 Å². The lowest BCUT2D eigenvalue weighted by atomic mass is 10.1. The lowest BCUT2D eigenvalue weighted by Crippen LogP contribution is -2.34. The van der Waals surface area contributed by atoms with E-state index in [2.05, 4.69) is 4.98 Å². The van der Waals surface area contributed by atoms with Crippen molar-refractivity contribution in [1.29, 1.82) is 0 Å². The Morgan fingerprint density at radius 3 is 2.50 bits per heavy atom. The fourth-order valence-corrected chi connectivity index (χ4v) is 4.69. The molecule has 34 heavy (non-hydrogen) atoms. The predicted molar refractivity (Wildman–Crippen MR) is 134 cm³/mol. The van der Waals surface area contributed by atoms with Crippen molar-refractivity contribution in [2.75, 3.05) is 6.54 Å². The van der Waals surface area contributed by atoms with Crippen molar-refractivity contribution in [3.63, 3.8) is 0 Å². The minimum absolute atomic E-state index is 0.0842. The minimum atomic E-state index is -0.460. The standard InChI is InChI=1S/C26H26N4O3S/c1-18-7-9-20(10-8-18)21-16-34-25-24(21)26(33)30(17-28-25)14-12-23(32)29(13-11-22(27)31)15-19-5-3-2-4-6-19/h2-10,16-17H,11-15H2,1H3,(H2,27,31). The number of aryl methyl sites for hydroxylation is 2. The Kier molecular flexibility index (Phi) is 7.18. The Balaban J connectivity index is 1.54. The Hall–Kier alpha value is -3.78. The minimum Gasteiger partial charge on any atom is -0.370 e. The number of amides is 2. The van der Waals surface area contributed by atoms with E-state index in [1.165, 1.54) is 22.2 Å². The Morgan fingerprint density at radius 1 is 1.06 bits per heavy atom. The van der Waals surface area contributed by atoms with Crippen LogP contribution in [0.15, 0.2) is 71.1 Å². The van der Waals surface area contributed by atoms with E-state index in [1.807, 2.05) is 66.9 Å². The van der Waals surface area contributed by atoms with E-state index in [4.69, 9.17) is 5.73 Å². The molecule has 0 unspecified atom stereocenters. The third-order valence-electron chi connectivity index (χ3n) is 5.69. The Morgan fingerprint density at radius 2 is 1.79 bits per heavy atom. The highest BCUT2D eigenvalue weighted by Gasteiger charge is 2.17. The van der Waals surface area contributed by atoms with Gasteiger partial charge < -0.3 is 10.6 Å². The van der Waals surface area contributed by atoms with Crippen LogP contribution in [-0.4, -0.2) is 32.8 Å². The molecule has 0 spiro atoms. The lowest BCUT2D eigenvalue weighted by Gasteiger charge is -2.22. The summed E-state index contributed by atoms with van der Waals surface area (Å²) in [6.07, 6.45) is 1.70. The van der Waals surface area contributed by atoms with Crippen LogP contribution in [0.4, 0.5) is 0 Å². The highest BCUT2D eigenvalue weighted by molar-refractivity contribution is 7.17. The van der Waals surface area contributed by atoms with Crippen molar-refractivity contribution in [2.24, 2.45) is 5.73 Å². The molecule has 0 atom stereocenters. The molecule has 4 aromatic rings. The first-order valence-electron chi connectivity index (χ1n) is 11.1. The summed E-state index contributed by atoms with van der Waals surface area (Å²) in [7, 11) is 0. The van der Waals surface area contributed by atoms with Crippen molar-refractivity contribution < 1.29 is 9.59 Å². The molecule has 0 aliphatic rings. The van der Waals surface area contributed by atoms with Crippen LogP contribution in [0.25, 0.3) is 21.3 Å². The molecular weight excluding hydrogens is 448 g/mol. The van der Waals surface area contributed by atoms with E-state index in [0.29, 0.717) is 16.8 Å². The maximum Gasteiger partial charge on any atom is 0.262 e. The number of primary amides is 1. The van der Waals surface area contributed by atoms with Crippen LogP contribution < -0.4 is 11.3 Å². The van der Waals surface area contributed by atoms with E-state index in [-0.39, 0.29) is 37.4 Å². The van der Waals surface area contributed by atoms with Gasteiger partial charge in [-0.2, -0.15) is 0 Å². The fraction of sp³-hybridized carbons (Fsp3) is 0.231. The van der Waals surface area contributed by atoms with Crippen LogP contribution in [0, 0.1) is 6.92 Å². The number of thiophene rings is 1. The molecule has 0 aliphatic heterocycles. The number of fused-ring (bicyclic) bond motifs is 1. The van der Waals surface area contributed by atoms with Crippen molar-refractivity contribution in [3.05, 3.63) is 87.8 Å². The number of nitrogens with two attached hydrogens (primary N) is 1. The van der Waals surface area contributed by atoms with Gasteiger partial charge in [-0.1, -0.05) is 60.2 Å². The summed E-state index contributed by atoms with van der Waals surface area (Å²) in [6, 6.07) is 17.6. The van der Waals surface area contributed by atoms with Crippen LogP contribution in [0.1, 0.15) is 24.0 Å². The lowest BCUT2D eigenvalue weighted by molar-refractivity contribution is -0.132. The summed E-state index contributed by atoms with van der Waals surface area (Å²) in [5.41, 5.74) is 9.06. The fourth-order valence-electron chi connectivity index (χ4n) is 3.79. The average molecular weight is 475 g/mol. The zero-order valence-electron chi connectivity index (χ0n) is 18.9. The molecule has 8 heteroatoms. The monoisotopic (exact) mass is 474 g/mol. The van der Waals surface area contributed by atoms with Gasteiger partial charge in [-0.25, -0.2) is 4.98 Å². The molecule has 0 saturated carbocycles. The van der Waals surface area contributed by atoms with Gasteiger partial charge in [-0.05, 0) is 18.1 Å². The summed E-state index contributed by atoms with van der Waals surface area (Å²) < 4.78 is 1.49. The Labute approximate surface area is 201 Å². The molecule has 0 aliphatic carbocycles. The SMILES string of the molecule is Cc1ccc(-c2csc3ncn(CCC(=O)N(CCC(N)=O)Cc4ccccc4)c(=O)c23)cc1. The number of nitrogens with zero attached hydrogens (tertiary/aromatic N) is 3. The second kappa shape index (κ2) is 10.4. The van der Waals surface area contributed by atoms with Gasteiger partial charge in [0.1, 0.15) is 4.83 Å². The van der Waals surface area contributed by atoms with Gasteiger partial charge in [-0.3, -0.25) is 19.0 Å². The van der Waals surface area contributed by atoms with Crippen molar-refractivity contribution in [2.45, 2.75) is 32.9 Å². The summed E-state index contributed by atoms with van der Waals surface area (Å²) >= 11 is 1.43. The topological polar surface area (TPSA) is 98.3 Å². The molecule has 0 fully saturated rings. The van der Waals surface area contributed by atoms with Crippen LogP contribution in [0.5, 0.6) is 0 Å². The van der Waals surface area contributed by atoms with Crippen molar-refractivity contribution >= 4 is 33.4 Å². The number of carbonyl (C=O) groups is 2. The number of rotatable bonds is 9. The van der Waals surface area contributed by atoms with Gasteiger partial charge in [0.05, 0.1) is 11.7 Å². The van der Waals surface area contributed by atoms with Gasteiger partial charge in [0.25, 0.3) is 5.56 Å². The van der Waals surface area contributed by atoms with E-state index in [1.54, 1.807) is 4.90 Å². The molecule has 7 nitrogen and oxygen atoms in total. The highest BCUT2D eigenvalue weighted by Crippen LogP contribution is 2.30. The second-order valence-electron chi connectivity index (χ2n) is 8.21. The molecule has 0 bridgehead atoms. The first kappa shape index (κ1) is 23.4.